The molecule has 0 radical (unpaired) electrons. The zero-order valence-corrected chi connectivity index (χ0v) is 12.6. The molecule has 1 amide bonds. The average molecular weight is 327 g/mol. The monoisotopic (exact) mass is 327 g/mol. The molecule has 2 N–H and O–H groups in total. The predicted molar refractivity (Wildman–Crippen MR) is 86.7 cm³/mol. The van der Waals surface area contributed by atoms with Gasteiger partial charge in [-0.15, -0.1) is 0 Å². The van der Waals surface area contributed by atoms with Crippen LogP contribution in [0.5, 0.6) is 0 Å². The van der Waals surface area contributed by atoms with Gasteiger partial charge in [0.25, 0.3) is 5.91 Å². The van der Waals surface area contributed by atoms with Crippen molar-refractivity contribution in [3.63, 3.8) is 0 Å². The minimum atomic E-state index is -0.587. The summed E-state index contributed by atoms with van der Waals surface area (Å²) in [7, 11) is 0. The van der Waals surface area contributed by atoms with Gasteiger partial charge in [-0.2, -0.15) is 0 Å². The predicted octanol–water partition coefficient (Wildman–Crippen LogP) is 1.25. The van der Waals surface area contributed by atoms with Crippen LogP contribution in [0.15, 0.2) is 53.6 Å². The molecule has 0 atom stereocenters. The van der Waals surface area contributed by atoms with E-state index in [-0.39, 0.29) is 24.1 Å². The van der Waals surface area contributed by atoms with Gasteiger partial charge in [0.2, 0.25) is 5.43 Å². The Morgan fingerprint density at radius 1 is 1.25 bits per heavy atom. The molecule has 6 nitrogen and oxygen atoms in total. The molecule has 1 aromatic carbocycles. The van der Waals surface area contributed by atoms with Crippen LogP contribution in [0.4, 0.5) is 4.39 Å². The normalized spacial score (nSPS) is 10.8. The highest BCUT2D eigenvalue weighted by molar-refractivity contribution is 5.97. The van der Waals surface area contributed by atoms with Crippen LogP contribution in [0.2, 0.25) is 0 Å². The molecule has 0 aliphatic rings. The second kappa shape index (κ2) is 6.59. The molecule has 2 aromatic heterocycles. The number of aliphatic hydroxyl groups excluding tert-OH is 1. The number of fused-ring (bicyclic) bond motifs is 1. The third-order valence-corrected chi connectivity index (χ3v) is 3.51. The van der Waals surface area contributed by atoms with Crippen LogP contribution in [-0.2, 0) is 0 Å². The number of nitrogens with one attached hydrogen (secondary N) is 1. The maximum atomic E-state index is 13.2. The lowest BCUT2D eigenvalue weighted by molar-refractivity contribution is 0.0943. The first kappa shape index (κ1) is 15.8. The molecule has 7 heteroatoms. The van der Waals surface area contributed by atoms with Crippen molar-refractivity contribution in [2.45, 2.75) is 0 Å². The first-order valence-corrected chi connectivity index (χ1v) is 7.27. The van der Waals surface area contributed by atoms with Crippen LogP contribution in [-0.4, -0.2) is 33.7 Å². The van der Waals surface area contributed by atoms with Crippen molar-refractivity contribution in [3.05, 3.63) is 70.4 Å². The second-order valence-corrected chi connectivity index (χ2v) is 5.07. The van der Waals surface area contributed by atoms with Crippen LogP contribution in [0.1, 0.15) is 10.4 Å². The van der Waals surface area contributed by atoms with Crippen molar-refractivity contribution >= 4 is 16.9 Å². The Morgan fingerprint density at radius 3 is 2.71 bits per heavy atom. The van der Waals surface area contributed by atoms with Crippen molar-refractivity contribution in [3.8, 4) is 5.69 Å². The van der Waals surface area contributed by atoms with Gasteiger partial charge in [0.05, 0.1) is 12.0 Å². The number of halogens is 1. The van der Waals surface area contributed by atoms with Gasteiger partial charge in [-0.1, -0.05) is 0 Å². The molecule has 3 rings (SSSR count). The summed E-state index contributed by atoms with van der Waals surface area (Å²) in [4.78, 5) is 28.9. The topological polar surface area (TPSA) is 84.2 Å². The number of carbonyl (C=O) groups excluding carboxylic acids is 1. The maximum absolute atomic E-state index is 13.2. The van der Waals surface area contributed by atoms with Gasteiger partial charge in [0.15, 0.2) is 0 Å². The molecule has 0 fully saturated rings. The van der Waals surface area contributed by atoms with Crippen molar-refractivity contribution in [1.82, 2.24) is 14.9 Å². The zero-order chi connectivity index (χ0) is 17.1. The lowest BCUT2D eigenvalue weighted by atomic mass is 10.1. The van der Waals surface area contributed by atoms with Crippen LogP contribution in [0.3, 0.4) is 0 Å². The Labute approximate surface area is 136 Å². The molecule has 0 saturated heterocycles. The lowest BCUT2D eigenvalue weighted by Crippen LogP contribution is -2.31. The Hall–Kier alpha value is -3.06. The fourth-order valence-corrected chi connectivity index (χ4v) is 2.39. The highest BCUT2D eigenvalue weighted by Gasteiger charge is 2.16. The summed E-state index contributed by atoms with van der Waals surface area (Å²) in [6.07, 6.45) is 2.91. The van der Waals surface area contributed by atoms with Gasteiger partial charge in [-0.25, -0.2) is 9.37 Å². The van der Waals surface area contributed by atoms with E-state index in [1.807, 2.05) is 0 Å². The molecule has 2 heterocycles. The molecule has 0 saturated carbocycles. The van der Waals surface area contributed by atoms with E-state index >= 15 is 0 Å². The Balaban J connectivity index is 2.24. The van der Waals surface area contributed by atoms with E-state index in [2.05, 4.69) is 10.3 Å². The van der Waals surface area contributed by atoms with Gasteiger partial charge >= 0.3 is 0 Å². The minimum absolute atomic E-state index is 0.0416. The van der Waals surface area contributed by atoms with E-state index in [4.69, 9.17) is 5.11 Å². The number of nitrogens with zero attached hydrogens (tertiary/aromatic N) is 2. The highest BCUT2D eigenvalue weighted by Crippen LogP contribution is 2.16. The van der Waals surface area contributed by atoms with Gasteiger partial charge in [0.1, 0.15) is 17.0 Å². The summed E-state index contributed by atoms with van der Waals surface area (Å²) >= 11 is 0. The number of rotatable bonds is 4. The third kappa shape index (κ3) is 2.89. The number of carbonyl (C=O) groups is 1. The van der Waals surface area contributed by atoms with Crippen molar-refractivity contribution < 1.29 is 14.3 Å². The van der Waals surface area contributed by atoms with Crippen LogP contribution >= 0.6 is 0 Å². The molecular formula is C17H14FN3O3. The first-order chi connectivity index (χ1) is 11.6. The molecule has 0 unspecified atom stereocenters. The van der Waals surface area contributed by atoms with E-state index in [9.17, 15) is 14.0 Å². The van der Waals surface area contributed by atoms with E-state index in [0.717, 1.165) is 0 Å². The smallest absolute Gasteiger partial charge is 0.256 e. The van der Waals surface area contributed by atoms with E-state index in [1.54, 1.807) is 16.7 Å². The average Bonchev–Trinajstić information content (AvgIpc) is 2.61. The van der Waals surface area contributed by atoms with E-state index in [1.165, 1.54) is 36.7 Å². The summed E-state index contributed by atoms with van der Waals surface area (Å²) < 4.78 is 14.7. The first-order valence-electron chi connectivity index (χ1n) is 7.27. The molecule has 0 aliphatic heterocycles. The summed E-state index contributed by atoms with van der Waals surface area (Å²) in [5, 5.41) is 11.6. The molecule has 0 aliphatic carbocycles. The quantitative estimate of drug-likeness (QED) is 0.755. The standard InChI is InChI=1S/C17H14FN3O3/c18-11-3-5-12(6-4-11)21-10-14(17(24)20-8-9-22)15(23)13-2-1-7-19-16(13)21/h1-7,10,22H,8-9H2,(H,20,24). The Morgan fingerprint density at radius 2 is 2.00 bits per heavy atom. The highest BCUT2D eigenvalue weighted by atomic mass is 19.1. The Bertz CT molecular complexity index is 951. The fraction of sp³-hybridized carbons (Fsp3) is 0.118. The molecule has 0 bridgehead atoms. The number of hydrogen-bond acceptors (Lipinski definition) is 4. The van der Waals surface area contributed by atoms with Crippen molar-refractivity contribution in [2.24, 2.45) is 0 Å². The third-order valence-electron chi connectivity index (χ3n) is 3.51. The van der Waals surface area contributed by atoms with E-state index in [0.29, 0.717) is 11.3 Å². The Kier molecular flexibility index (Phi) is 4.35. The van der Waals surface area contributed by atoms with Crippen LogP contribution < -0.4 is 10.7 Å². The number of aliphatic hydroxyl groups is 1. The summed E-state index contributed by atoms with van der Waals surface area (Å²) in [5.74, 6) is -0.978. The van der Waals surface area contributed by atoms with Crippen molar-refractivity contribution in [2.75, 3.05) is 13.2 Å². The molecular weight excluding hydrogens is 313 g/mol. The largest absolute Gasteiger partial charge is 0.395 e. The zero-order valence-electron chi connectivity index (χ0n) is 12.6. The SMILES string of the molecule is O=C(NCCO)c1cn(-c2ccc(F)cc2)c2ncccc2c1=O. The summed E-state index contributed by atoms with van der Waals surface area (Å²) in [5.41, 5.74) is 0.407. The van der Waals surface area contributed by atoms with Gasteiger partial charge in [-0.05, 0) is 36.4 Å². The maximum Gasteiger partial charge on any atom is 0.256 e. The number of amides is 1. The number of aromatic nitrogens is 2. The molecule has 122 valence electrons. The molecule has 24 heavy (non-hydrogen) atoms. The number of pyridine rings is 2. The van der Waals surface area contributed by atoms with Gasteiger partial charge < -0.3 is 15.0 Å². The summed E-state index contributed by atoms with van der Waals surface area (Å²) in [6, 6.07) is 8.82. The van der Waals surface area contributed by atoms with E-state index < -0.39 is 17.2 Å². The van der Waals surface area contributed by atoms with Gasteiger partial charge in [-0.3, -0.25) is 9.59 Å². The lowest BCUT2D eigenvalue weighted by Gasteiger charge is -2.12. The molecule has 3 aromatic rings. The van der Waals surface area contributed by atoms with Gasteiger partial charge in [0, 0.05) is 24.6 Å². The summed E-state index contributed by atoms with van der Waals surface area (Å²) in [6.45, 7) is -0.188. The number of benzene rings is 1. The van der Waals surface area contributed by atoms with Crippen LogP contribution in [0, 0.1) is 5.82 Å². The second-order valence-electron chi connectivity index (χ2n) is 5.07. The molecule has 0 spiro atoms. The number of hydrogen-bond donors (Lipinski definition) is 2. The van der Waals surface area contributed by atoms with Crippen LogP contribution in [0.25, 0.3) is 16.7 Å². The fourth-order valence-electron chi connectivity index (χ4n) is 2.39. The van der Waals surface area contributed by atoms with Crippen molar-refractivity contribution in [1.29, 1.82) is 0 Å². The minimum Gasteiger partial charge on any atom is -0.395 e.